The van der Waals surface area contributed by atoms with E-state index in [4.69, 9.17) is 32.7 Å². The van der Waals surface area contributed by atoms with Gasteiger partial charge in [-0.25, -0.2) is 0 Å². The summed E-state index contributed by atoms with van der Waals surface area (Å²) in [4.78, 5) is 0. The molecule has 0 saturated carbocycles. The molecule has 0 aliphatic heterocycles. The van der Waals surface area contributed by atoms with E-state index in [-0.39, 0.29) is 0 Å². The van der Waals surface area contributed by atoms with Crippen molar-refractivity contribution in [3.8, 4) is 17.6 Å². The van der Waals surface area contributed by atoms with Gasteiger partial charge in [0.1, 0.15) is 6.61 Å². The predicted octanol–water partition coefficient (Wildman–Crippen LogP) is 7.25. The molecule has 0 aliphatic rings. The van der Waals surface area contributed by atoms with E-state index >= 15 is 0 Å². The number of nitrogens with zero attached hydrogens (tertiary/aromatic N) is 1. The summed E-state index contributed by atoms with van der Waals surface area (Å²) in [6.07, 6.45) is 1.78. The Hall–Kier alpha value is -2.20. The molecule has 29 heavy (non-hydrogen) atoms. The lowest BCUT2D eigenvalue weighted by atomic mass is 10.0. The van der Waals surface area contributed by atoms with E-state index in [2.05, 4.69) is 28.7 Å². The molecule has 0 aromatic heterocycles. The first kappa shape index (κ1) is 21.5. The molecule has 146 valence electrons. The summed E-state index contributed by atoms with van der Waals surface area (Å²) in [7, 11) is 1.55. The molecule has 0 N–H and O–H groups in total. The number of rotatable bonds is 6. The van der Waals surface area contributed by atoms with Gasteiger partial charge in [-0.1, -0.05) is 47.5 Å². The van der Waals surface area contributed by atoms with Crippen molar-refractivity contribution >= 4 is 57.4 Å². The zero-order valence-electron chi connectivity index (χ0n) is 15.5. The van der Waals surface area contributed by atoms with Crippen LogP contribution in [0.15, 0.2) is 60.7 Å². The van der Waals surface area contributed by atoms with Crippen molar-refractivity contribution in [3.63, 3.8) is 0 Å². The maximum Gasteiger partial charge on any atom is 0.180 e. The smallest absolute Gasteiger partial charge is 0.180 e. The van der Waals surface area contributed by atoms with Crippen molar-refractivity contribution in [2.45, 2.75) is 6.61 Å². The Morgan fingerprint density at radius 2 is 1.76 bits per heavy atom. The van der Waals surface area contributed by atoms with Crippen molar-refractivity contribution in [2.75, 3.05) is 7.11 Å². The number of allylic oxidation sites excluding steroid dienone is 1. The second-order valence-electron chi connectivity index (χ2n) is 6.13. The molecule has 0 unspecified atom stereocenters. The van der Waals surface area contributed by atoms with Gasteiger partial charge in [0.25, 0.3) is 0 Å². The number of benzene rings is 3. The first-order chi connectivity index (χ1) is 14.0. The first-order valence-corrected chi connectivity index (χ1v) is 10.5. The molecule has 0 aliphatic carbocycles. The van der Waals surface area contributed by atoms with Crippen molar-refractivity contribution in [1.82, 2.24) is 0 Å². The Kier molecular flexibility index (Phi) is 7.43. The summed E-state index contributed by atoms with van der Waals surface area (Å²) < 4.78 is 12.5. The van der Waals surface area contributed by atoms with Crippen LogP contribution in [0.2, 0.25) is 10.0 Å². The lowest BCUT2D eigenvalue weighted by Gasteiger charge is -2.14. The van der Waals surface area contributed by atoms with Crippen LogP contribution < -0.4 is 9.47 Å². The zero-order valence-corrected chi connectivity index (χ0v) is 19.1. The van der Waals surface area contributed by atoms with E-state index in [0.29, 0.717) is 33.7 Å². The number of ether oxygens (including phenoxy) is 2. The highest BCUT2D eigenvalue weighted by Crippen LogP contribution is 2.38. The van der Waals surface area contributed by atoms with Gasteiger partial charge in [0, 0.05) is 8.59 Å². The minimum absolute atomic E-state index is 0.328. The van der Waals surface area contributed by atoms with Crippen molar-refractivity contribution in [1.29, 1.82) is 5.26 Å². The van der Waals surface area contributed by atoms with Crippen LogP contribution in [0.25, 0.3) is 11.6 Å². The third-order valence-corrected chi connectivity index (χ3v) is 5.39. The van der Waals surface area contributed by atoms with Crippen molar-refractivity contribution in [3.05, 3.63) is 91.0 Å². The van der Waals surface area contributed by atoms with Crippen LogP contribution in [0.3, 0.4) is 0 Å². The Labute approximate surface area is 193 Å². The topological polar surface area (TPSA) is 42.2 Å². The first-order valence-electron chi connectivity index (χ1n) is 8.62. The minimum Gasteiger partial charge on any atom is -0.493 e. The van der Waals surface area contributed by atoms with Crippen molar-refractivity contribution in [2.24, 2.45) is 0 Å². The summed E-state index contributed by atoms with van der Waals surface area (Å²) in [6, 6.07) is 20.9. The maximum absolute atomic E-state index is 9.57. The molecule has 6 heteroatoms. The lowest BCUT2D eigenvalue weighted by Crippen LogP contribution is -1.99. The molecule has 3 aromatic carbocycles. The van der Waals surface area contributed by atoms with E-state index < -0.39 is 0 Å². The van der Waals surface area contributed by atoms with Gasteiger partial charge in [0.05, 0.1) is 23.8 Å². The summed E-state index contributed by atoms with van der Waals surface area (Å²) >= 11 is 14.6. The summed E-state index contributed by atoms with van der Waals surface area (Å²) in [6.45, 7) is 0.328. The molecular weight excluding hydrogens is 520 g/mol. The summed E-state index contributed by atoms with van der Waals surface area (Å²) in [5, 5.41) is 10.6. The highest BCUT2D eigenvalue weighted by molar-refractivity contribution is 14.1. The summed E-state index contributed by atoms with van der Waals surface area (Å²) in [5.41, 5.74) is 3.09. The quantitative estimate of drug-likeness (QED) is 0.190. The second kappa shape index (κ2) is 10.0. The second-order valence-corrected chi connectivity index (χ2v) is 8.22. The average molecular weight is 536 g/mol. The zero-order chi connectivity index (χ0) is 20.8. The van der Waals surface area contributed by atoms with Gasteiger partial charge in [-0.05, 0) is 81.8 Å². The van der Waals surface area contributed by atoms with Crippen molar-refractivity contribution < 1.29 is 9.47 Å². The Bertz CT molecular complexity index is 1070. The van der Waals surface area contributed by atoms with E-state index in [9.17, 15) is 5.26 Å². The predicted molar refractivity (Wildman–Crippen MR) is 126 cm³/mol. The van der Waals surface area contributed by atoms with Gasteiger partial charge in [-0.2, -0.15) is 5.26 Å². The fraction of sp³-hybridized carbons (Fsp3) is 0.0870. The molecular formula is C23H16Cl2INO2. The molecule has 3 nitrogen and oxygen atoms in total. The molecule has 0 bridgehead atoms. The molecule has 3 aromatic rings. The molecule has 0 spiro atoms. The fourth-order valence-corrected chi connectivity index (χ4v) is 3.43. The Morgan fingerprint density at radius 1 is 1.07 bits per heavy atom. The number of hydrogen-bond donors (Lipinski definition) is 0. The minimum atomic E-state index is 0.328. The molecule has 0 atom stereocenters. The average Bonchev–Trinajstić information content (AvgIpc) is 2.72. The van der Waals surface area contributed by atoms with Gasteiger partial charge in [-0.15, -0.1) is 0 Å². The van der Waals surface area contributed by atoms with Gasteiger partial charge in [-0.3, -0.25) is 0 Å². The number of hydrogen-bond acceptors (Lipinski definition) is 3. The van der Waals surface area contributed by atoms with Crippen LogP contribution in [0.1, 0.15) is 16.7 Å². The SMILES string of the molecule is COc1cc(/C=C(/C#N)c2ccc(I)cc2)cc(Cl)c1OCc1ccc(Cl)cc1. The van der Waals surface area contributed by atoms with Crippen LogP contribution in [0, 0.1) is 14.9 Å². The lowest BCUT2D eigenvalue weighted by molar-refractivity contribution is 0.284. The number of halogens is 3. The van der Waals surface area contributed by atoms with Gasteiger partial charge in [0.15, 0.2) is 11.5 Å². The standard InChI is InChI=1S/C23H16Cl2INO2/c1-28-22-12-16(10-18(13-27)17-4-8-20(26)9-5-17)11-21(25)23(22)29-14-15-2-6-19(24)7-3-15/h2-12H,14H2,1H3/b18-10-. The molecule has 0 saturated heterocycles. The third-order valence-electron chi connectivity index (χ3n) is 4.13. The van der Waals surface area contributed by atoms with Gasteiger partial charge in [0.2, 0.25) is 0 Å². The normalized spacial score (nSPS) is 11.1. The van der Waals surface area contributed by atoms with E-state index in [1.807, 2.05) is 36.4 Å². The molecule has 3 rings (SSSR count). The maximum atomic E-state index is 9.57. The van der Waals surface area contributed by atoms with Crippen LogP contribution >= 0.6 is 45.8 Å². The Morgan fingerprint density at radius 3 is 2.38 bits per heavy atom. The highest BCUT2D eigenvalue weighted by Gasteiger charge is 2.13. The van der Waals surface area contributed by atoms with Crippen LogP contribution in [-0.4, -0.2) is 7.11 Å². The summed E-state index contributed by atoms with van der Waals surface area (Å²) in [5.74, 6) is 0.951. The Balaban J connectivity index is 1.88. The molecule has 0 fully saturated rings. The van der Waals surface area contributed by atoms with Crippen LogP contribution in [-0.2, 0) is 6.61 Å². The van der Waals surface area contributed by atoms with E-state index in [1.165, 1.54) is 0 Å². The number of nitriles is 1. The van der Waals surface area contributed by atoms with E-state index in [0.717, 1.165) is 20.3 Å². The largest absolute Gasteiger partial charge is 0.493 e. The third kappa shape index (κ3) is 5.66. The van der Waals surface area contributed by atoms with Crippen LogP contribution in [0.4, 0.5) is 0 Å². The highest BCUT2D eigenvalue weighted by atomic mass is 127. The van der Waals surface area contributed by atoms with E-state index in [1.54, 1.807) is 37.5 Å². The van der Waals surface area contributed by atoms with Crippen LogP contribution in [0.5, 0.6) is 11.5 Å². The molecule has 0 heterocycles. The monoisotopic (exact) mass is 535 g/mol. The molecule has 0 amide bonds. The van der Waals surface area contributed by atoms with Gasteiger partial charge >= 0.3 is 0 Å². The molecule has 0 radical (unpaired) electrons. The van der Waals surface area contributed by atoms with Gasteiger partial charge < -0.3 is 9.47 Å². The number of methoxy groups -OCH3 is 1. The fourth-order valence-electron chi connectivity index (χ4n) is 2.68.